The molecule has 1 aliphatic heterocycles. The lowest BCUT2D eigenvalue weighted by Gasteiger charge is -2.38. The van der Waals surface area contributed by atoms with Crippen molar-refractivity contribution in [3.8, 4) is 17.2 Å². The molecule has 0 saturated carbocycles. The van der Waals surface area contributed by atoms with Crippen molar-refractivity contribution in [3.63, 3.8) is 0 Å². The third-order valence-electron chi connectivity index (χ3n) is 4.53. The molecule has 12 nitrogen and oxygen atoms in total. The van der Waals surface area contributed by atoms with E-state index in [-0.39, 0.29) is 17.2 Å². The van der Waals surface area contributed by atoms with Gasteiger partial charge in [0.1, 0.15) is 35.6 Å². The molecule has 6 N–H and O–H groups in total. The fourth-order valence-electron chi connectivity index (χ4n) is 3.01. The number of rotatable bonds is 7. The summed E-state index contributed by atoms with van der Waals surface area (Å²) in [4.78, 5) is 11.2. The largest absolute Gasteiger partial charge is 0.508 e. The van der Waals surface area contributed by atoms with Crippen LogP contribution in [0.25, 0.3) is 12.2 Å². The number of carboxylic acid groups (broad SMARTS) is 1. The Morgan fingerprint density at radius 3 is 2.15 bits per heavy atom. The van der Waals surface area contributed by atoms with Crippen molar-refractivity contribution < 1.29 is 57.0 Å². The van der Waals surface area contributed by atoms with Crippen LogP contribution in [0.5, 0.6) is 17.2 Å². The fourth-order valence-corrected chi connectivity index (χ4v) is 3.34. The van der Waals surface area contributed by atoms with E-state index in [9.17, 15) is 33.6 Å². The van der Waals surface area contributed by atoms with Gasteiger partial charge in [-0.25, -0.2) is 4.79 Å². The molecule has 1 aliphatic rings. The Balaban J connectivity index is 1.69. The normalized spacial score (nSPS) is 25.6. The lowest BCUT2D eigenvalue weighted by Crippen LogP contribution is -2.61. The standard InChI is InChI=1S/C20H20O12S/c21-12-7-11(8-14(9-12)32-33(27,28)29)2-1-10-3-5-13(6-4-10)30-20-17(24)15(22)16(23)18(31-20)19(25)26/h1-9,15-18,20-24H,(H,25,26)(H,27,28,29)/b2-1+/t15?,16-,17?,18?,20+/m1/s1. The number of hydrogen-bond acceptors (Lipinski definition) is 10. The van der Waals surface area contributed by atoms with Crippen LogP contribution in [0.1, 0.15) is 11.1 Å². The van der Waals surface area contributed by atoms with E-state index in [0.29, 0.717) is 11.1 Å². The van der Waals surface area contributed by atoms with Gasteiger partial charge in [-0.15, -0.1) is 0 Å². The Hall–Kier alpha value is -3.20. The van der Waals surface area contributed by atoms with Gasteiger partial charge in [0.25, 0.3) is 0 Å². The molecular weight excluding hydrogens is 464 g/mol. The summed E-state index contributed by atoms with van der Waals surface area (Å²) in [6.45, 7) is 0. The molecule has 0 bridgehead atoms. The van der Waals surface area contributed by atoms with E-state index in [1.807, 2.05) is 0 Å². The van der Waals surface area contributed by atoms with E-state index >= 15 is 0 Å². The number of aliphatic carboxylic acids is 1. The second-order valence-electron chi connectivity index (χ2n) is 7.03. The fraction of sp³-hybridized carbons (Fsp3) is 0.250. The summed E-state index contributed by atoms with van der Waals surface area (Å²) in [5.41, 5.74) is 0.992. The highest BCUT2D eigenvalue weighted by atomic mass is 32.3. The molecule has 0 radical (unpaired) electrons. The van der Waals surface area contributed by atoms with E-state index in [0.717, 1.165) is 6.07 Å². The van der Waals surface area contributed by atoms with Gasteiger partial charge in [-0.1, -0.05) is 24.3 Å². The number of ether oxygens (including phenoxy) is 2. The number of benzene rings is 2. The number of phenols is 1. The maximum absolute atomic E-state index is 11.2. The van der Waals surface area contributed by atoms with Gasteiger partial charge in [0.2, 0.25) is 6.29 Å². The minimum atomic E-state index is -4.75. The summed E-state index contributed by atoms with van der Waals surface area (Å²) in [7, 11) is -4.75. The first-order valence-electron chi connectivity index (χ1n) is 9.31. The summed E-state index contributed by atoms with van der Waals surface area (Å²) in [5.74, 6) is -1.94. The highest BCUT2D eigenvalue weighted by Crippen LogP contribution is 2.26. The molecular formula is C20H20O12S. The van der Waals surface area contributed by atoms with E-state index in [1.54, 1.807) is 18.2 Å². The third-order valence-corrected chi connectivity index (χ3v) is 4.93. The molecule has 0 aromatic heterocycles. The van der Waals surface area contributed by atoms with Gasteiger partial charge in [-0.05, 0) is 35.4 Å². The molecule has 0 amide bonds. The van der Waals surface area contributed by atoms with Crippen LogP contribution < -0.4 is 8.92 Å². The number of hydrogen-bond donors (Lipinski definition) is 6. The summed E-state index contributed by atoms with van der Waals surface area (Å²) in [6.07, 6.45) is -5.51. The zero-order valence-corrected chi connectivity index (χ0v) is 17.4. The Morgan fingerprint density at radius 2 is 1.55 bits per heavy atom. The average Bonchev–Trinajstić information content (AvgIpc) is 2.71. The molecule has 0 aliphatic carbocycles. The molecule has 33 heavy (non-hydrogen) atoms. The van der Waals surface area contributed by atoms with Crippen LogP contribution in [-0.2, 0) is 19.9 Å². The smallest absolute Gasteiger partial charge is 0.446 e. The first-order valence-corrected chi connectivity index (χ1v) is 10.7. The van der Waals surface area contributed by atoms with Crippen LogP contribution in [0, 0.1) is 0 Å². The average molecular weight is 484 g/mol. The molecule has 1 fully saturated rings. The predicted octanol–water partition coefficient (Wildman–Crippen LogP) is 0.0152. The van der Waals surface area contributed by atoms with Crippen molar-refractivity contribution >= 4 is 28.5 Å². The Labute approximate surface area is 187 Å². The number of aliphatic hydroxyl groups excluding tert-OH is 3. The van der Waals surface area contributed by atoms with Crippen molar-refractivity contribution in [2.45, 2.75) is 30.7 Å². The number of aliphatic hydroxyl groups is 3. The molecule has 2 aromatic carbocycles. The van der Waals surface area contributed by atoms with Gasteiger partial charge in [0, 0.05) is 6.07 Å². The second kappa shape index (κ2) is 9.74. The quantitative estimate of drug-likeness (QED) is 0.228. The SMILES string of the molecule is O=C(O)C1O[C@H](Oc2ccc(/C=C/c3cc(O)cc(OS(=O)(=O)O)c3)cc2)C(O)C(O)[C@H]1O. The van der Waals surface area contributed by atoms with Gasteiger partial charge < -0.3 is 39.2 Å². The Morgan fingerprint density at radius 1 is 0.909 bits per heavy atom. The van der Waals surface area contributed by atoms with Crippen LogP contribution >= 0.6 is 0 Å². The molecule has 2 aromatic rings. The van der Waals surface area contributed by atoms with E-state index < -0.39 is 47.1 Å². The van der Waals surface area contributed by atoms with Crippen molar-refractivity contribution in [2.24, 2.45) is 0 Å². The second-order valence-corrected chi connectivity index (χ2v) is 8.05. The minimum absolute atomic E-state index is 0.171. The molecule has 1 saturated heterocycles. The number of aromatic hydroxyl groups is 1. The minimum Gasteiger partial charge on any atom is -0.508 e. The van der Waals surface area contributed by atoms with Crippen molar-refractivity contribution in [3.05, 3.63) is 53.6 Å². The molecule has 178 valence electrons. The van der Waals surface area contributed by atoms with Crippen LogP contribution in [-0.4, -0.2) is 75.2 Å². The maximum atomic E-state index is 11.2. The highest BCUT2D eigenvalue weighted by molar-refractivity contribution is 7.81. The van der Waals surface area contributed by atoms with Gasteiger partial charge >= 0.3 is 16.4 Å². The molecule has 0 spiro atoms. The van der Waals surface area contributed by atoms with E-state index in [1.165, 1.54) is 30.3 Å². The summed E-state index contributed by atoms with van der Waals surface area (Å²) in [5, 5.41) is 48.3. The van der Waals surface area contributed by atoms with Gasteiger partial charge in [-0.3, -0.25) is 4.55 Å². The van der Waals surface area contributed by atoms with Crippen molar-refractivity contribution in [1.82, 2.24) is 0 Å². The molecule has 13 heteroatoms. The summed E-state index contributed by atoms with van der Waals surface area (Å²) < 4.78 is 45.2. The number of phenolic OH excluding ortho intramolecular Hbond substituents is 1. The van der Waals surface area contributed by atoms with Crippen molar-refractivity contribution in [1.29, 1.82) is 0 Å². The summed E-state index contributed by atoms with van der Waals surface area (Å²) in [6, 6.07) is 9.70. The molecule has 3 unspecified atom stereocenters. The first kappa shape index (κ1) is 24.4. The zero-order chi connectivity index (χ0) is 24.3. The maximum Gasteiger partial charge on any atom is 0.446 e. The van der Waals surface area contributed by atoms with Crippen LogP contribution in [0.2, 0.25) is 0 Å². The topological polar surface area (TPSA) is 200 Å². The van der Waals surface area contributed by atoms with Crippen LogP contribution in [0.3, 0.4) is 0 Å². The predicted molar refractivity (Wildman–Crippen MR) is 111 cm³/mol. The monoisotopic (exact) mass is 484 g/mol. The third kappa shape index (κ3) is 6.41. The molecule has 5 atom stereocenters. The molecule has 1 heterocycles. The van der Waals surface area contributed by atoms with E-state index in [2.05, 4.69) is 4.18 Å². The van der Waals surface area contributed by atoms with Gasteiger partial charge in [0.15, 0.2) is 6.10 Å². The number of carboxylic acids is 1. The van der Waals surface area contributed by atoms with Gasteiger partial charge in [-0.2, -0.15) is 8.42 Å². The lowest BCUT2D eigenvalue weighted by atomic mass is 9.99. The summed E-state index contributed by atoms with van der Waals surface area (Å²) >= 11 is 0. The van der Waals surface area contributed by atoms with Crippen molar-refractivity contribution in [2.75, 3.05) is 0 Å². The van der Waals surface area contributed by atoms with Crippen LogP contribution in [0.4, 0.5) is 0 Å². The zero-order valence-electron chi connectivity index (χ0n) is 16.6. The van der Waals surface area contributed by atoms with E-state index in [4.69, 9.17) is 19.1 Å². The Kier molecular flexibility index (Phi) is 7.22. The van der Waals surface area contributed by atoms with Crippen LogP contribution in [0.15, 0.2) is 42.5 Å². The number of carbonyl (C=O) groups is 1. The van der Waals surface area contributed by atoms with Gasteiger partial charge in [0.05, 0.1) is 0 Å². The first-order chi connectivity index (χ1) is 15.4. The molecule has 3 rings (SSSR count). The lowest BCUT2D eigenvalue weighted by molar-refractivity contribution is -0.271. The Bertz CT molecular complexity index is 1130. The highest BCUT2D eigenvalue weighted by Gasteiger charge is 2.48.